The second kappa shape index (κ2) is 7.32. The molecule has 3 heterocycles. The van der Waals surface area contributed by atoms with Crippen molar-refractivity contribution >= 4 is 5.82 Å². The third-order valence-corrected chi connectivity index (χ3v) is 3.77. The molecule has 0 aliphatic carbocycles. The van der Waals surface area contributed by atoms with E-state index in [1.54, 1.807) is 7.11 Å². The van der Waals surface area contributed by atoms with Crippen LogP contribution in [0.1, 0.15) is 23.6 Å². The molecule has 7 nitrogen and oxygen atoms in total. The Hall–Kier alpha value is -2.28. The van der Waals surface area contributed by atoms with Gasteiger partial charge >= 0.3 is 0 Å². The molecule has 2 aromatic rings. The number of hydrogen-bond acceptors (Lipinski definition) is 6. The number of hydrogen-bond donors (Lipinski definition) is 1. The maximum atomic E-state index is 5.29. The smallest absolute Gasteiger partial charge is 0.156 e. The van der Waals surface area contributed by atoms with Crippen molar-refractivity contribution in [3.05, 3.63) is 41.6 Å². The van der Waals surface area contributed by atoms with Crippen LogP contribution in [0.3, 0.4) is 0 Å². The van der Waals surface area contributed by atoms with Crippen LogP contribution in [0.4, 0.5) is 5.82 Å². The molecule has 2 aromatic heterocycles. The van der Waals surface area contributed by atoms with E-state index in [1.165, 1.54) is 0 Å². The summed E-state index contributed by atoms with van der Waals surface area (Å²) < 4.78 is 10.4. The number of H-pyrrole nitrogens is 1. The summed E-state index contributed by atoms with van der Waals surface area (Å²) in [6.45, 7) is 5.04. The van der Waals surface area contributed by atoms with Crippen LogP contribution in [-0.2, 0) is 17.7 Å². The molecule has 124 valence electrons. The van der Waals surface area contributed by atoms with Crippen LogP contribution in [0.15, 0.2) is 28.9 Å². The standard InChI is InChI=1S/C16H23N5O2/c1-13-9-15(23-19-13)11-20-6-4-7-21(12-20)16-10-14(17-18-16)5-3-8-22-2/h4,6,9-10H,3,5,7-8,11-12H2,1-2H3,(H,17,18). The highest BCUT2D eigenvalue weighted by Crippen LogP contribution is 2.18. The van der Waals surface area contributed by atoms with E-state index in [-0.39, 0.29) is 0 Å². The number of aromatic amines is 1. The molecule has 0 amide bonds. The molecule has 0 saturated carbocycles. The fraction of sp³-hybridized carbons (Fsp3) is 0.500. The molecule has 23 heavy (non-hydrogen) atoms. The Labute approximate surface area is 135 Å². The van der Waals surface area contributed by atoms with Crippen molar-refractivity contribution in [2.24, 2.45) is 0 Å². The van der Waals surface area contributed by atoms with Crippen molar-refractivity contribution in [3.8, 4) is 0 Å². The van der Waals surface area contributed by atoms with Crippen LogP contribution in [0.5, 0.6) is 0 Å². The lowest BCUT2D eigenvalue weighted by molar-refractivity contribution is 0.195. The van der Waals surface area contributed by atoms with Gasteiger partial charge in [0.1, 0.15) is 0 Å². The molecule has 1 aliphatic heterocycles. The number of aryl methyl sites for hydroxylation is 2. The Morgan fingerprint density at radius 3 is 3.09 bits per heavy atom. The molecule has 0 unspecified atom stereocenters. The highest BCUT2D eigenvalue weighted by atomic mass is 16.5. The first-order chi connectivity index (χ1) is 11.2. The van der Waals surface area contributed by atoms with E-state index in [9.17, 15) is 0 Å². The number of nitrogens with one attached hydrogen (secondary N) is 1. The van der Waals surface area contributed by atoms with Crippen molar-refractivity contribution in [2.75, 3.05) is 31.8 Å². The normalized spacial score (nSPS) is 14.7. The first kappa shape index (κ1) is 15.6. The van der Waals surface area contributed by atoms with Crippen molar-refractivity contribution in [2.45, 2.75) is 26.3 Å². The van der Waals surface area contributed by atoms with Gasteiger partial charge in [-0.25, -0.2) is 0 Å². The van der Waals surface area contributed by atoms with Crippen LogP contribution < -0.4 is 4.90 Å². The van der Waals surface area contributed by atoms with E-state index < -0.39 is 0 Å². The van der Waals surface area contributed by atoms with E-state index in [1.807, 2.05) is 13.0 Å². The Morgan fingerprint density at radius 1 is 1.39 bits per heavy atom. The van der Waals surface area contributed by atoms with E-state index in [2.05, 4.69) is 43.5 Å². The quantitative estimate of drug-likeness (QED) is 0.789. The summed E-state index contributed by atoms with van der Waals surface area (Å²) in [6.07, 6.45) is 6.17. The zero-order valence-corrected chi connectivity index (χ0v) is 13.7. The molecule has 0 atom stereocenters. The minimum absolute atomic E-state index is 0.707. The summed E-state index contributed by atoms with van der Waals surface area (Å²) in [7, 11) is 1.73. The minimum Gasteiger partial charge on any atom is -0.385 e. The van der Waals surface area contributed by atoms with Crippen molar-refractivity contribution in [3.63, 3.8) is 0 Å². The van der Waals surface area contributed by atoms with Gasteiger partial charge in [0.15, 0.2) is 11.6 Å². The topological polar surface area (TPSA) is 70.4 Å². The second-order valence-corrected chi connectivity index (χ2v) is 5.78. The van der Waals surface area contributed by atoms with Gasteiger partial charge < -0.3 is 19.1 Å². The lowest BCUT2D eigenvalue weighted by Gasteiger charge is -2.32. The number of nitrogens with zero attached hydrogens (tertiary/aromatic N) is 4. The van der Waals surface area contributed by atoms with Gasteiger partial charge in [-0.2, -0.15) is 5.10 Å². The highest BCUT2D eigenvalue weighted by Gasteiger charge is 2.17. The summed E-state index contributed by atoms with van der Waals surface area (Å²) in [4.78, 5) is 4.41. The molecule has 0 spiro atoms. The van der Waals surface area contributed by atoms with E-state index >= 15 is 0 Å². The lowest BCUT2D eigenvalue weighted by atomic mass is 10.2. The number of rotatable bonds is 7. The summed E-state index contributed by atoms with van der Waals surface area (Å²) in [6, 6.07) is 4.08. The number of anilines is 1. The monoisotopic (exact) mass is 317 g/mol. The van der Waals surface area contributed by atoms with Gasteiger partial charge in [0, 0.05) is 38.1 Å². The lowest BCUT2D eigenvalue weighted by Crippen LogP contribution is -2.38. The molecule has 0 bridgehead atoms. The number of methoxy groups -OCH3 is 1. The Bertz CT molecular complexity index is 648. The summed E-state index contributed by atoms with van der Waals surface area (Å²) >= 11 is 0. The van der Waals surface area contributed by atoms with Gasteiger partial charge in [-0.15, -0.1) is 0 Å². The van der Waals surface area contributed by atoms with E-state index in [0.717, 1.165) is 55.6 Å². The molecule has 0 fully saturated rings. The predicted octanol–water partition coefficient (Wildman–Crippen LogP) is 2.08. The fourth-order valence-electron chi connectivity index (χ4n) is 2.65. The van der Waals surface area contributed by atoms with Crippen molar-refractivity contribution in [1.82, 2.24) is 20.3 Å². The van der Waals surface area contributed by atoms with E-state index in [0.29, 0.717) is 6.54 Å². The average molecular weight is 317 g/mol. The molecule has 0 aromatic carbocycles. The molecule has 0 radical (unpaired) electrons. The molecular weight excluding hydrogens is 294 g/mol. The molecular formula is C16H23N5O2. The molecule has 7 heteroatoms. The molecule has 1 N–H and O–H groups in total. The molecule has 1 aliphatic rings. The van der Waals surface area contributed by atoms with Crippen LogP contribution >= 0.6 is 0 Å². The van der Waals surface area contributed by atoms with Crippen LogP contribution in [-0.4, -0.2) is 47.2 Å². The number of ether oxygens (including phenoxy) is 1. The third-order valence-electron chi connectivity index (χ3n) is 3.77. The highest BCUT2D eigenvalue weighted by molar-refractivity contribution is 5.41. The van der Waals surface area contributed by atoms with Crippen LogP contribution in [0.2, 0.25) is 0 Å². The Kier molecular flexibility index (Phi) is 4.97. The van der Waals surface area contributed by atoms with Gasteiger partial charge in [0.25, 0.3) is 0 Å². The maximum Gasteiger partial charge on any atom is 0.156 e. The van der Waals surface area contributed by atoms with E-state index in [4.69, 9.17) is 9.26 Å². The van der Waals surface area contributed by atoms with Gasteiger partial charge in [-0.05, 0) is 32.0 Å². The van der Waals surface area contributed by atoms with Crippen LogP contribution in [0, 0.1) is 6.92 Å². The number of aromatic nitrogens is 3. The van der Waals surface area contributed by atoms with Crippen molar-refractivity contribution < 1.29 is 9.26 Å². The van der Waals surface area contributed by atoms with Gasteiger partial charge in [-0.3, -0.25) is 5.10 Å². The summed E-state index contributed by atoms with van der Waals surface area (Å²) in [5.41, 5.74) is 2.05. The van der Waals surface area contributed by atoms with Gasteiger partial charge in [0.2, 0.25) is 0 Å². The second-order valence-electron chi connectivity index (χ2n) is 5.78. The van der Waals surface area contributed by atoms with Gasteiger partial charge in [0.05, 0.1) is 18.9 Å². The predicted molar refractivity (Wildman–Crippen MR) is 86.9 cm³/mol. The largest absolute Gasteiger partial charge is 0.385 e. The Morgan fingerprint density at radius 2 is 2.30 bits per heavy atom. The van der Waals surface area contributed by atoms with Gasteiger partial charge in [-0.1, -0.05) is 5.16 Å². The Balaban J connectivity index is 1.57. The minimum atomic E-state index is 0.707. The summed E-state index contributed by atoms with van der Waals surface area (Å²) in [5, 5.41) is 11.5. The first-order valence-corrected chi connectivity index (χ1v) is 7.85. The zero-order chi connectivity index (χ0) is 16.1. The molecule has 3 rings (SSSR count). The third kappa shape index (κ3) is 4.13. The fourth-order valence-corrected chi connectivity index (χ4v) is 2.65. The summed E-state index contributed by atoms with van der Waals surface area (Å²) in [5.74, 6) is 1.84. The van der Waals surface area contributed by atoms with Crippen molar-refractivity contribution in [1.29, 1.82) is 0 Å². The maximum absolute atomic E-state index is 5.29. The SMILES string of the molecule is COCCCc1cc(N2CC=CN(Cc3cc(C)no3)C2)n[nH]1. The molecule has 0 saturated heterocycles. The van der Waals surface area contributed by atoms with Crippen LogP contribution in [0.25, 0.3) is 0 Å². The average Bonchev–Trinajstić information content (AvgIpc) is 3.17. The first-order valence-electron chi connectivity index (χ1n) is 7.85. The zero-order valence-electron chi connectivity index (χ0n) is 13.7.